The van der Waals surface area contributed by atoms with Crippen LogP contribution in [-0.2, 0) is 16.6 Å². The third-order valence-corrected chi connectivity index (χ3v) is 4.78. The van der Waals surface area contributed by atoms with Crippen molar-refractivity contribution in [3.63, 3.8) is 0 Å². The fourth-order valence-corrected chi connectivity index (χ4v) is 3.08. The number of amides is 1. The van der Waals surface area contributed by atoms with Gasteiger partial charge in [-0.25, -0.2) is 13.1 Å². The van der Waals surface area contributed by atoms with E-state index in [1.165, 1.54) is 36.7 Å². The van der Waals surface area contributed by atoms with E-state index in [1.807, 2.05) is 0 Å². The lowest BCUT2D eigenvalue weighted by molar-refractivity contribution is 0.102. The van der Waals surface area contributed by atoms with Crippen LogP contribution >= 0.6 is 0 Å². The van der Waals surface area contributed by atoms with Gasteiger partial charge in [0, 0.05) is 11.8 Å². The van der Waals surface area contributed by atoms with E-state index in [0.29, 0.717) is 17.0 Å². The van der Waals surface area contributed by atoms with E-state index < -0.39 is 10.0 Å². The van der Waals surface area contributed by atoms with Crippen molar-refractivity contribution in [2.24, 2.45) is 0 Å². The monoisotopic (exact) mass is 357 g/mol. The molecule has 0 spiro atoms. The lowest BCUT2D eigenvalue weighted by atomic mass is 10.2. The van der Waals surface area contributed by atoms with Gasteiger partial charge < -0.3 is 9.73 Å². The summed E-state index contributed by atoms with van der Waals surface area (Å²) < 4.78 is 32.0. The van der Waals surface area contributed by atoms with Crippen LogP contribution in [0.3, 0.4) is 0 Å². The Morgan fingerprint density at radius 3 is 2.52 bits per heavy atom. The molecule has 0 atom stereocenters. The largest absolute Gasteiger partial charge is 0.468 e. The maximum atomic E-state index is 12.2. The summed E-state index contributed by atoms with van der Waals surface area (Å²) in [5.41, 5.74) is 0.901. The molecule has 2 heterocycles. The van der Waals surface area contributed by atoms with Gasteiger partial charge in [-0.3, -0.25) is 9.78 Å². The number of aromatic nitrogens is 1. The lowest BCUT2D eigenvalue weighted by Crippen LogP contribution is -2.23. The van der Waals surface area contributed by atoms with Crippen molar-refractivity contribution in [2.75, 3.05) is 5.32 Å². The summed E-state index contributed by atoms with van der Waals surface area (Å²) in [6, 6.07) is 12.4. The van der Waals surface area contributed by atoms with Crippen molar-refractivity contribution in [3.8, 4) is 0 Å². The van der Waals surface area contributed by atoms with E-state index in [-0.39, 0.29) is 17.3 Å². The van der Waals surface area contributed by atoms with Crippen LogP contribution in [0.25, 0.3) is 0 Å². The molecule has 128 valence electrons. The van der Waals surface area contributed by atoms with E-state index in [9.17, 15) is 13.2 Å². The van der Waals surface area contributed by atoms with Gasteiger partial charge in [-0.1, -0.05) is 0 Å². The first-order valence-corrected chi connectivity index (χ1v) is 8.86. The van der Waals surface area contributed by atoms with Crippen molar-refractivity contribution in [3.05, 3.63) is 78.5 Å². The highest BCUT2D eigenvalue weighted by Gasteiger charge is 2.15. The van der Waals surface area contributed by atoms with E-state index in [4.69, 9.17) is 4.42 Å². The molecule has 3 rings (SSSR count). The Morgan fingerprint density at radius 1 is 1.08 bits per heavy atom. The number of hydrogen-bond donors (Lipinski definition) is 2. The minimum absolute atomic E-state index is 0.0541. The summed E-state index contributed by atoms with van der Waals surface area (Å²) in [5.74, 6) is 0.163. The maximum absolute atomic E-state index is 12.2. The molecule has 7 nitrogen and oxygen atoms in total. The molecule has 2 aromatic heterocycles. The Bertz CT molecular complexity index is 937. The molecular weight excluding hydrogens is 342 g/mol. The number of sulfonamides is 1. The number of benzene rings is 1. The Balaban J connectivity index is 1.67. The maximum Gasteiger partial charge on any atom is 0.255 e. The third kappa shape index (κ3) is 4.31. The van der Waals surface area contributed by atoms with E-state index in [2.05, 4.69) is 15.0 Å². The van der Waals surface area contributed by atoms with Crippen molar-refractivity contribution in [1.29, 1.82) is 0 Å². The highest BCUT2D eigenvalue weighted by atomic mass is 32.2. The molecule has 3 aromatic rings. The second-order valence-corrected chi connectivity index (χ2v) is 6.89. The van der Waals surface area contributed by atoms with E-state index in [1.54, 1.807) is 30.5 Å². The summed E-state index contributed by atoms with van der Waals surface area (Å²) >= 11 is 0. The van der Waals surface area contributed by atoms with E-state index >= 15 is 0 Å². The average Bonchev–Trinajstić information content (AvgIpc) is 3.15. The first-order valence-electron chi connectivity index (χ1n) is 7.38. The van der Waals surface area contributed by atoms with Gasteiger partial charge in [0.1, 0.15) is 5.76 Å². The molecule has 2 N–H and O–H groups in total. The number of pyridine rings is 1. The lowest BCUT2D eigenvalue weighted by Gasteiger charge is -2.07. The number of carbonyl (C=O) groups is 1. The van der Waals surface area contributed by atoms with Crippen molar-refractivity contribution in [2.45, 2.75) is 11.4 Å². The molecular formula is C17H15N3O4S. The summed E-state index contributed by atoms with van der Waals surface area (Å²) in [4.78, 5) is 16.1. The molecule has 0 fully saturated rings. The number of nitrogens with zero attached hydrogens (tertiary/aromatic N) is 1. The Hall–Kier alpha value is -2.97. The molecule has 25 heavy (non-hydrogen) atoms. The summed E-state index contributed by atoms with van der Waals surface area (Å²) in [5, 5.41) is 2.68. The minimum Gasteiger partial charge on any atom is -0.468 e. The topological polar surface area (TPSA) is 101 Å². The minimum atomic E-state index is -3.69. The zero-order valence-corrected chi connectivity index (χ0v) is 13.9. The van der Waals surface area contributed by atoms with Gasteiger partial charge in [-0.2, -0.15) is 0 Å². The van der Waals surface area contributed by atoms with Gasteiger partial charge in [0.05, 0.1) is 29.6 Å². The fraction of sp³-hybridized carbons (Fsp3) is 0.0588. The van der Waals surface area contributed by atoms with Crippen LogP contribution in [0.4, 0.5) is 5.69 Å². The van der Waals surface area contributed by atoms with Gasteiger partial charge in [-0.15, -0.1) is 0 Å². The predicted molar refractivity (Wildman–Crippen MR) is 91.4 cm³/mol. The molecule has 8 heteroatoms. The second kappa shape index (κ2) is 7.29. The molecule has 1 aromatic carbocycles. The number of rotatable bonds is 6. The quantitative estimate of drug-likeness (QED) is 0.705. The molecule has 0 aliphatic heterocycles. The first kappa shape index (κ1) is 16.9. The molecule has 0 aliphatic carbocycles. The van der Waals surface area contributed by atoms with Crippen LogP contribution < -0.4 is 10.0 Å². The SMILES string of the molecule is O=C(Nc1cccnc1)c1ccc(S(=O)(=O)NCc2ccco2)cc1. The number of furan rings is 1. The zero-order chi connectivity index (χ0) is 17.7. The fourth-order valence-electron chi connectivity index (χ4n) is 2.09. The highest BCUT2D eigenvalue weighted by molar-refractivity contribution is 7.89. The summed E-state index contributed by atoms with van der Waals surface area (Å²) in [7, 11) is -3.69. The number of carbonyl (C=O) groups excluding carboxylic acids is 1. The molecule has 0 aliphatic rings. The van der Waals surface area contributed by atoms with Crippen LogP contribution in [0.2, 0.25) is 0 Å². The average molecular weight is 357 g/mol. The number of anilines is 1. The molecule has 0 bridgehead atoms. The van der Waals surface area contributed by atoms with Gasteiger partial charge in [0.25, 0.3) is 5.91 Å². The molecule has 1 amide bonds. The Morgan fingerprint density at radius 2 is 1.88 bits per heavy atom. The van der Waals surface area contributed by atoms with Crippen LogP contribution in [-0.4, -0.2) is 19.3 Å². The van der Waals surface area contributed by atoms with Crippen molar-refractivity contribution < 1.29 is 17.6 Å². The third-order valence-electron chi connectivity index (χ3n) is 3.36. The molecule has 0 unspecified atom stereocenters. The Kier molecular flexibility index (Phi) is 4.92. The first-order chi connectivity index (χ1) is 12.0. The molecule has 0 radical (unpaired) electrons. The molecule has 0 saturated heterocycles. The highest BCUT2D eigenvalue weighted by Crippen LogP contribution is 2.13. The van der Waals surface area contributed by atoms with Crippen molar-refractivity contribution in [1.82, 2.24) is 9.71 Å². The molecule has 0 saturated carbocycles. The second-order valence-electron chi connectivity index (χ2n) is 5.12. The summed E-state index contributed by atoms with van der Waals surface area (Å²) in [6.07, 6.45) is 4.60. The van der Waals surface area contributed by atoms with Crippen LogP contribution in [0.5, 0.6) is 0 Å². The Labute approximate surface area is 144 Å². The zero-order valence-electron chi connectivity index (χ0n) is 13.0. The van der Waals surface area contributed by atoms with Crippen LogP contribution in [0.1, 0.15) is 16.1 Å². The predicted octanol–water partition coefficient (Wildman–Crippen LogP) is 2.41. The van der Waals surface area contributed by atoms with Crippen molar-refractivity contribution >= 4 is 21.6 Å². The number of nitrogens with one attached hydrogen (secondary N) is 2. The standard InChI is InChI=1S/C17H15N3O4S/c21-17(20-14-3-1-9-18-11-14)13-5-7-16(8-6-13)25(22,23)19-12-15-4-2-10-24-15/h1-11,19H,12H2,(H,20,21). The van der Waals surface area contributed by atoms with Gasteiger partial charge in [0.15, 0.2) is 0 Å². The van der Waals surface area contributed by atoms with E-state index in [0.717, 1.165) is 0 Å². The normalized spacial score (nSPS) is 11.2. The van der Waals surface area contributed by atoms with Gasteiger partial charge in [0.2, 0.25) is 10.0 Å². The van der Waals surface area contributed by atoms with Crippen LogP contribution in [0, 0.1) is 0 Å². The van der Waals surface area contributed by atoms with Gasteiger partial charge in [-0.05, 0) is 48.5 Å². The number of hydrogen-bond acceptors (Lipinski definition) is 5. The van der Waals surface area contributed by atoms with Crippen LogP contribution in [0.15, 0.2) is 76.5 Å². The summed E-state index contributed by atoms with van der Waals surface area (Å²) in [6.45, 7) is 0.0541. The van der Waals surface area contributed by atoms with Gasteiger partial charge >= 0.3 is 0 Å². The smallest absolute Gasteiger partial charge is 0.255 e.